The minimum absolute atomic E-state index is 0.0158. The van der Waals surface area contributed by atoms with E-state index in [0.717, 1.165) is 38.5 Å². The summed E-state index contributed by atoms with van der Waals surface area (Å²) < 4.78 is 0. The highest BCUT2D eigenvalue weighted by Crippen LogP contribution is 2.43. The van der Waals surface area contributed by atoms with Gasteiger partial charge in [0.25, 0.3) is 0 Å². The zero-order chi connectivity index (χ0) is 16.4. The molecule has 4 heteroatoms. The highest BCUT2D eigenvalue weighted by molar-refractivity contribution is 5.74. The molecule has 2 N–H and O–H groups in total. The molecule has 1 aromatic carbocycles. The van der Waals surface area contributed by atoms with Gasteiger partial charge < -0.3 is 15.5 Å². The number of hydrogen-bond acceptors (Lipinski definition) is 2. The van der Waals surface area contributed by atoms with Crippen LogP contribution in [0.3, 0.4) is 0 Å². The van der Waals surface area contributed by atoms with E-state index in [-0.39, 0.29) is 11.4 Å². The standard InChI is InChI=1S/C20H29N3O/c24-19(22-17-9-13-23(14-10-17)18-7-8-18)21-15-20(11-4-12-20)16-5-2-1-3-6-16/h1-3,5-6,17-18H,4,7-15H2,(H2,21,22,24). The maximum atomic E-state index is 12.3. The molecule has 1 aromatic rings. The number of amides is 2. The van der Waals surface area contributed by atoms with Crippen LogP contribution in [0.5, 0.6) is 0 Å². The number of hydrogen-bond donors (Lipinski definition) is 2. The van der Waals surface area contributed by atoms with Crippen LogP contribution in [0.4, 0.5) is 4.79 Å². The summed E-state index contributed by atoms with van der Waals surface area (Å²) in [5, 5.41) is 6.35. The van der Waals surface area contributed by atoms with Gasteiger partial charge in [-0.2, -0.15) is 0 Å². The monoisotopic (exact) mass is 327 g/mol. The van der Waals surface area contributed by atoms with Crippen LogP contribution >= 0.6 is 0 Å². The number of urea groups is 1. The van der Waals surface area contributed by atoms with Gasteiger partial charge >= 0.3 is 6.03 Å². The second kappa shape index (κ2) is 6.75. The molecule has 0 radical (unpaired) electrons. The Balaban J connectivity index is 1.24. The van der Waals surface area contributed by atoms with E-state index in [1.807, 2.05) is 0 Å². The molecule has 2 saturated carbocycles. The third kappa shape index (κ3) is 3.44. The Hall–Kier alpha value is -1.55. The van der Waals surface area contributed by atoms with E-state index < -0.39 is 0 Å². The van der Waals surface area contributed by atoms with Crippen LogP contribution in [0.1, 0.15) is 50.5 Å². The lowest BCUT2D eigenvalue weighted by atomic mass is 9.64. The normalized spacial score (nSPS) is 24.2. The summed E-state index contributed by atoms with van der Waals surface area (Å²) >= 11 is 0. The molecule has 0 bridgehead atoms. The van der Waals surface area contributed by atoms with Crippen molar-refractivity contribution < 1.29 is 4.79 Å². The van der Waals surface area contributed by atoms with E-state index in [0.29, 0.717) is 6.04 Å². The first-order chi connectivity index (χ1) is 11.8. The van der Waals surface area contributed by atoms with Crippen molar-refractivity contribution in [1.82, 2.24) is 15.5 Å². The Kier molecular flexibility index (Phi) is 4.49. The Morgan fingerprint density at radius 3 is 2.38 bits per heavy atom. The van der Waals surface area contributed by atoms with Crippen LogP contribution < -0.4 is 10.6 Å². The molecule has 130 valence electrons. The van der Waals surface area contributed by atoms with Gasteiger partial charge in [-0.1, -0.05) is 36.8 Å². The fourth-order valence-corrected chi connectivity index (χ4v) is 4.30. The van der Waals surface area contributed by atoms with Crippen LogP contribution in [-0.4, -0.2) is 42.6 Å². The van der Waals surface area contributed by atoms with Gasteiger partial charge in [0.2, 0.25) is 0 Å². The third-order valence-electron chi connectivity index (χ3n) is 6.21. The molecule has 2 amide bonds. The quantitative estimate of drug-likeness (QED) is 0.873. The summed E-state index contributed by atoms with van der Waals surface area (Å²) in [5.74, 6) is 0. The van der Waals surface area contributed by atoms with Gasteiger partial charge in [0.05, 0.1) is 0 Å². The second-order valence-corrected chi connectivity index (χ2v) is 7.87. The number of carbonyl (C=O) groups is 1. The predicted octanol–water partition coefficient (Wildman–Crippen LogP) is 3.03. The first-order valence-electron chi connectivity index (χ1n) is 9.59. The Labute approximate surface area is 145 Å². The number of benzene rings is 1. The molecule has 4 rings (SSSR count). The number of nitrogens with zero attached hydrogens (tertiary/aromatic N) is 1. The fourth-order valence-electron chi connectivity index (χ4n) is 4.30. The molecule has 1 saturated heterocycles. The summed E-state index contributed by atoms with van der Waals surface area (Å²) in [6.07, 6.45) is 8.55. The fraction of sp³-hybridized carbons (Fsp3) is 0.650. The van der Waals surface area contributed by atoms with Gasteiger partial charge in [-0.3, -0.25) is 0 Å². The molecule has 3 aliphatic rings. The van der Waals surface area contributed by atoms with E-state index in [1.54, 1.807) is 0 Å². The van der Waals surface area contributed by atoms with Crippen molar-refractivity contribution >= 4 is 6.03 Å². The van der Waals surface area contributed by atoms with Gasteiger partial charge in [-0.05, 0) is 44.1 Å². The first-order valence-corrected chi connectivity index (χ1v) is 9.59. The Morgan fingerprint density at radius 2 is 1.79 bits per heavy atom. The molecule has 1 heterocycles. The van der Waals surface area contributed by atoms with Crippen LogP contribution in [-0.2, 0) is 5.41 Å². The lowest BCUT2D eigenvalue weighted by molar-refractivity contribution is 0.182. The smallest absolute Gasteiger partial charge is 0.315 e. The van der Waals surface area contributed by atoms with E-state index in [4.69, 9.17) is 0 Å². The second-order valence-electron chi connectivity index (χ2n) is 7.87. The van der Waals surface area contributed by atoms with Crippen molar-refractivity contribution in [2.75, 3.05) is 19.6 Å². The Bertz CT molecular complexity index is 558. The summed E-state index contributed by atoms with van der Waals surface area (Å²) in [6, 6.07) is 11.9. The van der Waals surface area contributed by atoms with Gasteiger partial charge in [0, 0.05) is 37.1 Å². The molecule has 3 fully saturated rings. The Morgan fingerprint density at radius 1 is 1.08 bits per heavy atom. The zero-order valence-electron chi connectivity index (χ0n) is 14.5. The van der Waals surface area contributed by atoms with Gasteiger partial charge in [-0.25, -0.2) is 4.79 Å². The van der Waals surface area contributed by atoms with Gasteiger partial charge in [0.1, 0.15) is 0 Å². The summed E-state index contributed by atoms with van der Waals surface area (Å²) in [6.45, 7) is 3.04. The molecule has 0 atom stereocenters. The van der Waals surface area contributed by atoms with E-state index in [1.165, 1.54) is 37.7 Å². The molecular weight excluding hydrogens is 298 g/mol. The molecule has 2 aliphatic carbocycles. The summed E-state index contributed by atoms with van der Waals surface area (Å²) in [4.78, 5) is 14.9. The maximum Gasteiger partial charge on any atom is 0.315 e. The van der Waals surface area contributed by atoms with Crippen molar-refractivity contribution in [1.29, 1.82) is 0 Å². The van der Waals surface area contributed by atoms with Crippen LogP contribution in [0, 0.1) is 0 Å². The number of nitrogens with one attached hydrogen (secondary N) is 2. The maximum absolute atomic E-state index is 12.3. The summed E-state index contributed by atoms with van der Waals surface area (Å²) in [7, 11) is 0. The van der Waals surface area contributed by atoms with Crippen molar-refractivity contribution in [3.8, 4) is 0 Å². The van der Waals surface area contributed by atoms with E-state index in [2.05, 4.69) is 45.9 Å². The lowest BCUT2D eigenvalue weighted by Crippen LogP contribution is -2.52. The average Bonchev–Trinajstić information content (AvgIpc) is 3.41. The first kappa shape index (κ1) is 15.9. The predicted molar refractivity (Wildman–Crippen MR) is 96.1 cm³/mol. The molecule has 24 heavy (non-hydrogen) atoms. The minimum atomic E-state index is 0.0158. The third-order valence-corrected chi connectivity index (χ3v) is 6.21. The van der Waals surface area contributed by atoms with E-state index >= 15 is 0 Å². The average molecular weight is 327 g/mol. The molecule has 0 spiro atoms. The minimum Gasteiger partial charge on any atom is -0.337 e. The highest BCUT2D eigenvalue weighted by Gasteiger charge is 2.39. The lowest BCUT2D eigenvalue weighted by Gasteiger charge is -2.42. The molecule has 4 nitrogen and oxygen atoms in total. The molecule has 1 aliphatic heterocycles. The van der Waals surface area contributed by atoms with Crippen molar-refractivity contribution in [3.63, 3.8) is 0 Å². The number of likely N-dealkylation sites (tertiary alicyclic amines) is 1. The number of rotatable bonds is 5. The summed E-state index contributed by atoms with van der Waals surface area (Å²) in [5.41, 5.74) is 1.53. The van der Waals surface area contributed by atoms with Crippen LogP contribution in [0.15, 0.2) is 30.3 Å². The van der Waals surface area contributed by atoms with Crippen LogP contribution in [0.25, 0.3) is 0 Å². The molecule has 0 aromatic heterocycles. The molecule has 0 unspecified atom stereocenters. The zero-order valence-corrected chi connectivity index (χ0v) is 14.5. The van der Waals surface area contributed by atoms with Crippen molar-refractivity contribution in [2.24, 2.45) is 0 Å². The number of carbonyl (C=O) groups excluding carboxylic acids is 1. The van der Waals surface area contributed by atoms with E-state index in [9.17, 15) is 4.79 Å². The van der Waals surface area contributed by atoms with Gasteiger partial charge in [0.15, 0.2) is 0 Å². The van der Waals surface area contributed by atoms with Crippen molar-refractivity contribution in [2.45, 2.75) is 62.4 Å². The van der Waals surface area contributed by atoms with Crippen LogP contribution in [0.2, 0.25) is 0 Å². The van der Waals surface area contributed by atoms with Crippen molar-refractivity contribution in [3.05, 3.63) is 35.9 Å². The highest BCUT2D eigenvalue weighted by atomic mass is 16.2. The largest absolute Gasteiger partial charge is 0.337 e. The SMILES string of the molecule is O=C(NCC1(c2ccccc2)CCC1)NC1CCN(C2CC2)CC1. The topological polar surface area (TPSA) is 44.4 Å². The molecular formula is C20H29N3O. The number of piperidine rings is 1. The van der Waals surface area contributed by atoms with Gasteiger partial charge in [-0.15, -0.1) is 0 Å².